The van der Waals surface area contributed by atoms with E-state index in [1.54, 1.807) is 11.3 Å². The van der Waals surface area contributed by atoms with Crippen molar-refractivity contribution in [2.45, 2.75) is 32.1 Å². The molecule has 2 aromatic rings. The second-order valence-electron chi connectivity index (χ2n) is 5.20. The van der Waals surface area contributed by atoms with Gasteiger partial charge in [-0.2, -0.15) is 0 Å². The lowest BCUT2D eigenvalue weighted by Gasteiger charge is -2.05. The third-order valence-electron chi connectivity index (χ3n) is 3.49. The highest BCUT2D eigenvalue weighted by atomic mass is 32.1. The molecular formula is C18H23NOS. The van der Waals surface area contributed by atoms with Gasteiger partial charge in [0.2, 0.25) is 0 Å². The Kier molecular flexibility index (Phi) is 7.19. The standard InChI is InChI=1S/C18H23NOS/c20-17(18-11-7-15-21-18)10-5-2-6-13-19-14-12-16-8-3-1-4-9-16/h1,3-4,7-9,11,15,19H,2,5-6,10,12-14H2. The molecule has 1 aromatic heterocycles. The lowest BCUT2D eigenvalue weighted by Crippen LogP contribution is -2.18. The molecule has 1 heterocycles. The summed E-state index contributed by atoms with van der Waals surface area (Å²) < 4.78 is 0. The molecule has 0 radical (unpaired) electrons. The minimum absolute atomic E-state index is 0.294. The number of hydrogen-bond donors (Lipinski definition) is 1. The Bertz CT molecular complexity index is 507. The van der Waals surface area contributed by atoms with Crippen LogP contribution in [-0.4, -0.2) is 18.9 Å². The Hall–Kier alpha value is -1.45. The van der Waals surface area contributed by atoms with Crippen molar-refractivity contribution in [3.63, 3.8) is 0 Å². The highest BCUT2D eigenvalue weighted by Gasteiger charge is 2.05. The van der Waals surface area contributed by atoms with Crippen LogP contribution in [0.5, 0.6) is 0 Å². The number of Topliss-reactive ketones (excluding diaryl/α,β-unsaturated/α-hetero) is 1. The Morgan fingerprint density at radius 3 is 2.57 bits per heavy atom. The molecule has 0 bridgehead atoms. The molecule has 0 spiro atoms. The van der Waals surface area contributed by atoms with Crippen molar-refractivity contribution in [3.8, 4) is 0 Å². The van der Waals surface area contributed by atoms with Crippen LogP contribution in [0, 0.1) is 0 Å². The fourth-order valence-electron chi connectivity index (χ4n) is 2.28. The zero-order chi connectivity index (χ0) is 14.8. The second kappa shape index (κ2) is 9.48. The van der Waals surface area contributed by atoms with Gasteiger partial charge in [-0.05, 0) is 49.4 Å². The predicted octanol–water partition coefficient (Wildman–Crippen LogP) is 4.32. The Balaban J connectivity index is 1.44. The zero-order valence-electron chi connectivity index (χ0n) is 12.4. The third kappa shape index (κ3) is 6.23. The van der Waals surface area contributed by atoms with E-state index in [2.05, 4.69) is 35.6 Å². The number of rotatable bonds is 10. The number of carbonyl (C=O) groups excluding carboxylic acids is 1. The van der Waals surface area contributed by atoms with Crippen LogP contribution in [0.15, 0.2) is 47.8 Å². The summed E-state index contributed by atoms with van der Waals surface area (Å²) in [6.45, 7) is 2.07. The van der Waals surface area contributed by atoms with Crippen LogP contribution in [0.2, 0.25) is 0 Å². The van der Waals surface area contributed by atoms with Gasteiger partial charge in [-0.25, -0.2) is 0 Å². The van der Waals surface area contributed by atoms with Crippen molar-refractivity contribution in [3.05, 3.63) is 58.3 Å². The van der Waals surface area contributed by atoms with Crippen LogP contribution < -0.4 is 5.32 Å². The first-order valence-corrected chi connectivity index (χ1v) is 8.55. The second-order valence-corrected chi connectivity index (χ2v) is 6.14. The van der Waals surface area contributed by atoms with Crippen molar-refractivity contribution >= 4 is 17.1 Å². The van der Waals surface area contributed by atoms with E-state index in [1.807, 2.05) is 17.5 Å². The fourth-order valence-corrected chi connectivity index (χ4v) is 2.97. The summed E-state index contributed by atoms with van der Waals surface area (Å²) in [5, 5.41) is 5.43. The van der Waals surface area contributed by atoms with Gasteiger partial charge in [0.15, 0.2) is 5.78 Å². The van der Waals surface area contributed by atoms with Crippen molar-refractivity contribution in [2.75, 3.05) is 13.1 Å². The van der Waals surface area contributed by atoms with Gasteiger partial charge in [0.05, 0.1) is 4.88 Å². The first kappa shape index (κ1) is 15.9. The van der Waals surface area contributed by atoms with Crippen molar-refractivity contribution in [1.82, 2.24) is 5.32 Å². The normalized spacial score (nSPS) is 10.7. The van der Waals surface area contributed by atoms with Gasteiger partial charge >= 0.3 is 0 Å². The molecule has 0 aliphatic carbocycles. The minimum atomic E-state index is 0.294. The first-order valence-electron chi connectivity index (χ1n) is 7.67. The molecule has 1 aromatic carbocycles. The topological polar surface area (TPSA) is 29.1 Å². The van der Waals surface area contributed by atoms with Gasteiger partial charge in [-0.1, -0.05) is 42.8 Å². The van der Waals surface area contributed by atoms with E-state index in [-0.39, 0.29) is 0 Å². The fraction of sp³-hybridized carbons (Fsp3) is 0.389. The maximum Gasteiger partial charge on any atom is 0.172 e. The van der Waals surface area contributed by atoms with E-state index in [1.165, 1.54) is 5.56 Å². The molecule has 2 rings (SSSR count). The van der Waals surface area contributed by atoms with E-state index >= 15 is 0 Å². The average molecular weight is 301 g/mol. The highest BCUT2D eigenvalue weighted by molar-refractivity contribution is 7.12. The summed E-state index contributed by atoms with van der Waals surface area (Å²) in [7, 11) is 0. The number of nitrogens with one attached hydrogen (secondary N) is 1. The lowest BCUT2D eigenvalue weighted by molar-refractivity contribution is 0.0983. The molecule has 0 saturated heterocycles. The summed E-state index contributed by atoms with van der Waals surface area (Å²) in [6, 6.07) is 14.4. The molecule has 2 nitrogen and oxygen atoms in total. The molecule has 112 valence electrons. The quantitative estimate of drug-likeness (QED) is 0.523. The summed E-state index contributed by atoms with van der Waals surface area (Å²) in [5.74, 6) is 0.294. The summed E-state index contributed by atoms with van der Waals surface area (Å²) in [5.41, 5.74) is 1.38. The zero-order valence-corrected chi connectivity index (χ0v) is 13.2. The van der Waals surface area contributed by atoms with Gasteiger partial charge in [0.1, 0.15) is 0 Å². The maximum absolute atomic E-state index is 11.8. The van der Waals surface area contributed by atoms with Gasteiger partial charge in [-0.3, -0.25) is 4.79 Å². The Labute approximate surface area is 131 Å². The number of unbranched alkanes of at least 4 members (excludes halogenated alkanes) is 2. The number of thiophene rings is 1. The number of ketones is 1. The van der Waals surface area contributed by atoms with Gasteiger partial charge in [0, 0.05) is 6.42 Å². The molecule has 0 saturated carbocycles. The van der Waals surface area contributed by atoms with E-state index in [0.717, 1.165) is 43.6 Å². The van der Waals surface area contributed by atoms with Crippen LogP contribution in [0.25, 0.3) is 0 Å². The summed E-state index contributed by atoms with van der Waals surface area (Å²) >= 11 is 1.54. The van der Waals surface area contributed by atoms with Gasteiger partial charge in [0.25, 0.3) is 0 Å². The molecular weight excluding hydrogens is 278 g/mol. The van der Waals surface area contributed by atoms with Crippen molar-refractivity contribution in [2.24, 2.45) is 0 Å². The predicted molar refractivity (Wildman–Crippen MR) is 90.1 cm³/mol. The average Bonchev–Trinajstić information content (AvgIpc) is 3.05. The Morgan fingerprint density at radius 2 is 1.81 bits per heavy atom. The van der Waals surface area contributed by atoms with Gasteiger partial charge < -0.3 is 5.32 Å². The summed E-state index contributed by atoms with van der Waals surface area (Å²) in [6.07, 6.45) is 5.03. The van der Waals surface area contributed by atoms with Crippen LogP contribution in [0.4, 0.5) is 0 Å². The molecule has 0 unspecified atom stereocenters. The third-order valence-corrected chi connectivity index (χ3v) is 4.40. The molecule has 0 amide bonds. The van der Waals surface area contributed by atoms with Crippen molar-refractivity contribution in [1.29, 1.82) is 0 Å². The molecule has 1 N–H and O–H groups in total. The van der Waals surface area contributed by atoms with Crippen molar-refractivity contribution < 1.29 is 4.79 Å². The van der Waals surface area contributed by atoms with E-state index in [0.29, 0.717) is 12.2 Å². The summed E-state index contributed by atoms with van der Waals surface area (Å²) in [4.78, 5) is 12.7. The smallest absolute Gasteiger partial charge is 0.172 e. The number of benzene rings is 1. The molecule has 21 heavy (non-hydrogen) atoms. The molecule has 0 aliphatic heterocycles. The maximum atomic E-state index is 11.8. The first-order chi connectivity index (χ1) is 10.4. The highest BCUT2D eigenvalue weighted by Crippen LogP contribution is 2.13. The molecule has 0 aliphatic rings. The van der Waals surface area contributed by atoms with Crippen LogP contribution in [-0.2, 0) is 6.42 Å². The molecule has 0 fully saturated rings. The number of hydrogen-bond acceptors (Lipinski definition) is 3. The lowest BCUT2D eigenvalue weighted by atomic mass is 10.1. The molecule has 3 heteroatoms. The van der Waals surface area contributed by atoms with Crippen LogP contribution >= 0.6 is 11.3 Å². The number of carbonyl (C=O) groups is 1. The van der Waals surface area contributed by atoms with E-state index in [4.69, 9.17) is 0 Å². The largest absolute Gasteiger partial charge is 0.316 e. The van der Waals surface area contributed by atoms with Gasteiger partial charge in [-0.15, -0.1) is 11.3 Å². The SMILES string of the molecule is O=C(CCCCCNCCc1ccccc1)c1cccs1. The minimum Gasteiger partial charge on any atom is -0.316 e. The van der Waals surface area contributed by atoms with Crippen LogP contribution in [0.3, 0.4) is 0 Å². The van der Waals surface area contributed by atoms with Crippen LogP contribution in [0.1, 0.15) is 40.9 Å². The Morgan fingerprint density at radius 1 is 0.952 bits per heavy atom. The van der Waals surface area contributed by atoms with E-state index in [9.17, 15) is 4.79 Å². The monoisotopic (exact) mass is 301 g/mol. The molecule has 0 atom stereocenters. The van der Waals surface area contributed by atoms with E-state index < -0.39 is 0 Å².